The normalized spacial score (nSPS) is 11.1. The maximum atomic E-state index is 12.4. The predicted molar refractivity (Wildman–Crippen MR) is 118 cm³/mol. The molecule has 4 aromatic heterocycles. The summed E-state index contributed by atoms with van der Waals surface area (Å²) < 4.78 is 8.80. The molecule has 1 N–H and O–H groups in total. The monoisotopic (exact) mass is 443 g/mol. The molecule has 0 bridgehead atoms. The second-order valence-corrected chi connectivity index (χ2v) is 8.06. The Bertz CT molecular complexity index is 1510. The van der Waals surface area contributed by atoms with Crippen molar-refractivity contribution in [2.75, 3.05) is 0 Å². The zero-order chi connectivity index (χ0) is 22.1. The van der Waals surface area contributed by atoms with Crippen molar-refractivity contribution in [3.05, 3.63) is 87.9 Å². The van der Waals surface area contributed by atoms with Crippen LogP contribution in [0.15, 0.2) is 69.3 Å². The van der Waals surface area contributed by atoms with Crippen molar-refractivity contribution in [2.24, 2.45) is 0 Å². The molecule has 0 amide bonds. The highest BCUT2D eigenvalue weighted by molar-refractivity contribution is 7.98. The molecule has 0 atom stereocenters. The molecule has 1 aromatic carbocycles. The van der Waals surface area contributed by atoms with E-state index in [-0.39, 0.29) is 5.56 Å². The molecular weight excluding hydrogens is 426 g/mol. The van der Waals surface area contributed by atoms with E-state index in [0.29, 0.717) is 34.4 Å². The first-order chi connectivity index (χ1) is 15.6. The van der Waals surface area contributed by atoms with E-state index in [1.165, 1.54) is 28.5 Å². The Kier molecular flexibility index (Phi) is 5.09. The average Bonchev–Trinajstić information content (AvgIpc) is 3.53. The van der Waals surface area contributed by atoms with Gasteiger partial charge in [0.15, 0.2) is 16.6 Å². The van der Waals surface area contributed by atoms with Gasteiger partial charge < -0.3 is 4.42 Å². The fraction of sp³-hybridized carbons (Fsp3) is 0.136. The quantitative estimate of drug-likeness (QED) is 0.400. The maximum absolute atomic E-state index is 12.4. The number of nitrogens with zero attached hydrogens (tertiary/aromatic N) is 6. The summed E-state index contributed by atoms with van der Waals surface area (Å²) in [6.07, 6.45) is 3.10. The molecule has 32 heavy (non-hydrogen) atoms. The fourth-order valence-electron chi connectivity index (χ4n) is 3.44. The van der Waals surface area contributed by atoms with Gasteiger partial charge >= 0.3 is 0 Å². The van der Waals surface area contributed by atoms with Crippen molar-refractivity contribution >= 4 is 17.4 Å². The Morgan fingerprint density at radius 3 is 2.88 bits per heavy atom. The molecule has 4 heterocycles. The van der Waals surface area contributed by atoms with E-state index in [1.54, 1.807) is 6.26 Å². The van der Waals surface area contributed by atoms with Gasteiger partial charge in [-0.2, -0.15) is 5.26 Å². The summed E-state index contributed by atoms with van der Waals surface area (Å²) in [4.78, 5) is 16.9. The molecule has 0 aliphatic carbocycles. The lowest BCUT2D eigenvalue weighted by Gasteiger charge is -2.10. The van der Waals surface area contributed by atoms with Gasteiger partial charge in [0.1, 0.15) is 17.4 Å². The molecule has 0 saturated heterocycles. The van der Waals surface area contributed by atoms with Gasteiger partial charge in [0, 0.05) is 23.6 Å². The van der Waals surface area contributed by atoms with E-state index < -0.39 is 0 Å². The lowest BCUT2D eigenvalue weighted by atomic mass is 10.1. The molecule has 0 aliphatic heterocycles. The average molecular weight is 443 g/mol. The Hall–Kier alpha value is -4.10. The zero-order valence-electron chi connectivity index (χ0n) is 17.0. The van der Waals surface area contributed by atoms with Gasteiger partial charge in [-0.3, -0.25) is 14.5 Å². The van der Waals surface area contributed by atoms with Crippen molar-refractivity contribution in [1.29, 1.82) is 5.26 Å². The second-order valence-electron chi connectivity index (χ2n) is 7.12. The number of aromatic amines is 1. The van der Waals surface area contributed by atoms with E-state index in [2.05, 4.69) is 20.3 Å². The molecule has 0 saturated carbocycles. The first-order valence-electron chi connectivity index (χ1n) is 9.78. The SMILES string of the molecule is Cc1ccccc1-c1nnc(SCc2cc(=O)n3[nH]cc(C#N)c3n2)n1Cc1ccco1. The van der Waals surface area contributed by atoms with E-state index in [9.17, 15) is 10.1 Å². The first kappa shape index (κ1) is 19.8. The van der Waals surface area contributed by atoms with Crippen LogP contribution >= 0.6 is 11.8 Å². The van der Waals surface area contributed by atoms with Gasteiger partial charge in [0.05, 0.1) is 18.5 Å². The third-order valence-electron chi connectivity index (χ3n) is 5.02. The molecule has 0 unspecified atom stereocenters. The molecule has 0 radical (unpaired) electrons. The standard InChI is InChI=1S/C22H17N7O2S/c1-14-5-2-3-7-18(14)21-26-27-22(28(21)12-17-6-4-8-31-17)32-13-16-9-19(30)29-20(25-16)15(10-23)11-24-29/h2-9,11,24H,12-13H2,1H3. The maximum Gasteiger partial charge on any atom is 0.272 e. The third-order valence-corrected chi connectivity index (χ3v) is 6.02. The molecule has 5 rings (SSSR count). The van der Waals surface area contributed by atoms with Crippen molar-refractivity contribution in [2.45, 2.75) is 24.4 Å². The van der Waals surface area contributed by atoms with E-state index in [4.69, 9.17) is 4.42 Å². The summed E-state index contributed by atoms with van der Waals surface area (Å²) in [7, 11) is 0. The minimum atomic E-state index is -0.273. The summed E-state index contributed by atoms with van der Waals surface area (Å²) in [6.45, 7) is 2.50. The molecule has 10 heteroatoms. The topological polar surface area (TPSA) is 118 Å². The van der Waals surface area contributed by atoms with Crippen LogP contribution in [0.25, 0.3) is 17.0 Å². The van der Waals surface area contributed by atoms with Crippen molar-refractivity contribution in [3.63, 3.8) is 0 Å². The van der Waals surface area contributed by atoms with Crippen LogP contribution in [0, 0.1) is 18.3 Å². The Labute approximate surface area is 186 Å². The van der Waals surface area contributed by atoms with Crippen LogP contribution in [-0.4, -0.2) is 29.4 Å². The molecule has 158 valence electrons. The lowest BCUT2D eigenvalue weighted by molar-refractivity contribution is 0.485. The van der Waals surface area contributed by atoms with E-state index in [0.717, 1.165) is 22.7 Å². The molecule has 0 fully saturated rings. The van der Waals surface area contributed by atoms with Gasteiger partial charge in [-0.15, -0.1) is 10.2 Å². The van der Waals surface area contributed by atoms with Crippen LogP contribution in [-0.2, 0) is 12.3 Å². The number of furan rings is 1. The van der Waals surface area contributed by atoms with Gasteiger partial charge in [-0.05, 0) is 24.6 Å². The van der Waals surface area contributed by atoms with Gasteiger partial charge in [0.25, 0.3) is 5.56 Å². The predicted octanol–water partition coefficient (Wildman–Crippen LogP) is 3.39. The summed E-state index contributed by atoms with van der Waals surface area (Å²) in [5.74, 6) is 1.92. The largest absolute Gasteiger partial charge is 0.467 e. The van der Waals surface area contributed by atoms with Crippen molar-refractivity contribution in [1.82, 2.24) is 29.4 Å². The number of hydrogen-bond acceptors (Lipinski definition) is 7. The molecule has 0 spiro atoms. The zero-order valence-corrected chi connectivity index (χ0v) is 17.8. The highest BCUT2D eigenvalue weighted by atomic mass is 32.2. The summed E-state index contributed by atoms with van der Waals surface area (Å²) in [5.41, 5.74) is 2.99. The summed E-state index contributed by atoms with van der Waals surface area (Å²) in [6, 6.07) is 15.2. The van der Waals surface area contributed by atoms with Crippen molar-refractivity contribution in [3.8, 4) is 17.5 Å². The summed E-state index contributed by atoms with van der Waals surface area (Å²) >= 11 is 1.42. The Morgan fingerprint density at radius 2 is 2.09 bits per heavy atom. The molecule has 0 aliphatic rings. The van der Waals surface area contributed by atoms with Crippen molar-refractivity contribution < 1.29 is 4.42 Å². The molecule has 9 nitrogen and oxygen atoms in total. The Balaban J connectivity index is 1.50. The Morgan fingerprint density at radius 1 is 1.22 bits per heavy atom. The van der Waals surface area contributed by atoms with Crippen LogP contribution in [0.1, 0.15) is 22.6 Å². The fourth-order valence-corrected chi connectivity index (χ4v) is 4.27. The molecular formula is C22H17N7O2S. The number of fused-ring (bicyclic) bond motifs is 1. The second kappa shape index (κ2) is 8.20. The van der Waals surface area contributed by atoms with Gasteiger partial charge in [-0.25, -0.2) is 9.50 Å². The highest BCUT2D eigenvalue weighted by Crippen LogP contribution is 2.28. The number of thioether (sulfide) groups is 1. The summed E-state index contributed by atoms with van der Waals surface area (Å²) in [5, 5.41) is 21.5. The number of aromatic nitrogens is 6. The highest BCUT2D eigenvalue weighted by Gasteiger charge is 2.18. The minimum absolute atomic E-state index is 0.273. The smallest absolute Gasteiger partial charge is 0.272 e. The van der Waals surface area contributed by atoms with Gasteiger partial charge in [0.2, 0.25) is 0 Å². The van der Waals surface area contributed by atoms with E-state index in [1.807, 2.05) is 54.0 Å². The van der Waals surface area contributed by atoms with Gasteiger partial charge in [-0.1, -0.05) is 36.0 Å². The van der Waals surface area contributed by atoms with Crippen LogP contribution in [0.5, 0.6) is 0 Å². The third kappa shape index (κ3) is 3.59. The van der Waals surface area contributed by atoms with Crippen LogP contribution in [0.4, 0.5) is 0 Å². The number of aryl methyl sites for hydroxylation is 1. The number of nitrogens with one attached hydrogen (secondary N) is 1. The van der Waals surface area contributed by atoms with Crippen LogP contribution < -0.4 is 5.56 Å². The number of benzene rings is 1. The number of H-pyrrole nitrogens is 1. The van der Waals surface area contributed by atoms with Crippen LogP contribution in [0.3, 0.4) is 0 Å². The number of hydrogen-bond donors (Lipinski definition) is 1. The number of nitriles is 1. The molecule has 5 aromatic rings. The first-order valence-corrected chi connectivity index (χ1v) is 10.8. The van der Waals surface area contributed by atoms with Crippen LogP contribution in [0.2, 0.25) is 0 Å². The lowest BCUT2D eigenvalue weighted by Crippen LogP contribution is -2.15. The minimum Gasteiger partial charge on any atom is -0.467 e. The van der Waals surface area contributed by atoms with E-state index >= 15 is 0 Å². The number of rotatable bonds is 6.